The van der Waals surface area contributed by atoms with Crippen LogP contribution in [0.15, 0.2) is 77.7 Å². The predicted molar refractivity (Wildman–Crippen MR) is 128 cm³/mol. The van der Waals surface area contributed by atoms with Crippen molar-refractivity contribution in [2.75, 3.05) is 4.31 Å². The molecule has 0 bridgehead atoms. The number of hydrogen-bond donors (Lipinski definition) is 0. The van der Waals surface area contributed by atoms with Crippen LogP contribution in [0.2, 0.25) is 0 Å². The van der Waals surface area contributed by atoms with Gasteiger partial charge < -0.3 is 0 Å². The topological polar surface area (TPSA) is 27.0 Å². The molecule has 2 nitrogen and oxygen atoms in total. The molecule has 5 rings (SSSR count). The lowest BCUT2D eigenvalue weighted by molar-refractivity contribution is 0.696. The van der Waals surface area contributed by atoms with E-state index in [-0.39, 0.29) is 0 Å². The maximum absolute atomic E-state index is 10.0. The fourth-order valence-corrected chi connectivity index (χ4v) is 6.65. The van der Waals surface area contributed by atoms with Crippen molar-refractivity contribution in [1.82, 2.24) is 0 Å². The van der Waals surface area contributed by atoms with Crippen LogP contribution >= 0.6 is 23.3 Å². The van der Waals surface area contributed by atoms with Crippen LogP contribution in [-0.2, 0) is 19.4 Å². The highest BCUT2D eigenvalue weighted by Crippen LogP contribution is 2.44. The smallest absolute Gasteiger partial charge is 0.120 e. The Hall–Kier alpha value is -2.74. The monoisotopic (exact) mass is 426 g/mol. The Kier molecular flexibility index (Phi) is 5.48. The average Bonchev–Trinajstić information content (AvgIpc) is 3.18. The molecule has 148 valence electrons. The van der Waals surface area contributed by atoms with Crippen LogP contribution in [0.1, 0.15) is 34.4 Å². The molecular weight excluding hydrogens is 404 g/mol. The van der Waals surface area contributed by atoms with Gasteiger partial charge in [-0.1, -0.05) is 66.7 Å². The largest absolute Gasteiger partial charge is 0.298 e. The van der Waals surface area contributed by atoms with Gasteiger partial charge in [0.2, 0.25) is 0 Å². The van der Waals surface area contributed by atoms with E-state index in [9.17, 15) is 5.26 Å². The van der Waals surface area contributed by atoms with Crippen LogP contribution in [-0.4, -0.2) is 0 Å². The average molecular weight is 427 g/mol. The Labute approximate surface area is 185 Å². The summed E-state index contributed by atoms with van der Waals surface area (Å²) in [5.74, 6) is 0. The molecule has 30 heavy (non-hydrogen) atoms. The van der Waals surface area contributed by atoms with E-state index in [4.69, 9.17) is 0 Å². The molecule has 0 N–H and O–H groups in total. The molecule has 0 radical (unpaired) electrons. The number of aryl methyl sites for hydroxylation is 1. The first-order valence-electron chi connectivity index (χ1n) is 10.4. The zero-order chi connectivity index (χ0) is 20.3. The van der Waals surface area contributed by atoms with Crippen LogP contribution in [0.3, 0.4) is 0 Å². The van der Waals surface area contributed by atoms with Crippen LogP contribution < -0.4 is 4.31 Å². The molecule has 0 aliphatic heterocycles. The summed E-state index contributed by atoms with van der Waals surface area (Å²) in [5, 5.41) is 13.6. The predicted octanol–water partition coefficient (Wildman–Crippen LogP) is 7.37. The standard InChI is InChI=1S/C26H22N2S2/c27-17-23-22-14-6-7-15-24(22)29-26(23)28(18-19-9-2-1-3-10-19)30-25-16-8-12-20-11-4-5-13-21(20)25/h1-5,8-13,16H,6-7,14-15,18H2. The second kappa shape index (κ2) is 8.55. The minimum Gasteiger partial charge on any atom is -0.298 e. The lowest BCUT2D eigenvalue weighted by atomic mass is 9.96. The van der Waals surface area contributed by atoms with Gasteiger partial charge in [-0.25, -0.2) is 0 Å². The van der Waals surface area contributed by atoms with E-state index in [1.54, 1.807) is 11.9 Å². The summed E-state index contributed by atoms with van der Waals surface area (Å²) in [7, 11) is 0. The Morgan fingerprint density at radius 3 is 2.53 bits per heavy atom. The van der Waals surface area contributed by atoms with Gasteiger partial charge in [-0.2, -0.15) is 5.26 Å². The SMILES string of the molecule is N#Cc1c(N(Cc2ccccc2)Sc2cccc3ccccc23)sc2c1CCCC2. The van der Waals surface area contributed by atoms with E-state index in [2.05, 4.69) is 83.2 Å². The molecule has 0 fully saturated rings. The third-order valence-electron chi connectivity index (χ3n) is 5.62. The first-order valence-corrected chi connectivity index (χ1v) is 11.9. The highest BCUT2D eigenvalue weighted by Gasteiger charge is 2.25. The summed E-state index contributed by atoms with van der Waals surface area (Å²) in [5.41, 5.74) is 3.43. The molecule has 1 aliphatic rings. The minimum atomic E-state index is 0.767. The number of rotatable bonds is 5. The lowest BCUT2D eigenvalue weighted by Crippen LogP contribution is -2.14. The maximum Gasteiger partial charge on any atom is 0.120 e. The van der Waals surface area contributed by atoms with Gasteiger partial charge in [-0.05, 0) is 65.6 Å². The Morgan fingerprint density at radius 2 is 1.67 bits per heavy atom. The first-order chi connectivity index (χ1) is 14.8. The highest BCUT2D eigenvalue weighted by molar-refractivity contribution is 8.01. The van der Waals surface area contributed by atoms with Crippen LogP contribution in [0.5, 0.6) is 0 Å². The van der Waals surface area contributed by atoms with Crippen molar-refractivity contribution in [3.8, 4) is 6.07 Å². The quantitative estimate of drug-likeness (QED) is 0.312. The second-order valence-electron chi connectivity index (χ2n) is 7.59. The van der Waals surface area contributed by atoms with Crippen molar-refractivity contribution in [2.45, 2.75) is 37.1 Å². The molecule has 0 unspecified atom stereocenters. The van der Waals surface area contributed by atoms with Crippen molar-refractivity contribution in [3.63, 3.8) is 0 Å². The van der Waals surface area contributed by atoms with Gasteiger partial charge in [-0.3, -0.25) is 4.31 Å². The van der Waals surface area contributed by atoms with Gasteiger partial charge in [0.15, 0.2) is 0 Å². The fraction of sp³-hybridized carbons (Fsp3) is 0.192. The molecule has 1 heterocycles. The summed E-state index contributed by atoms with van der Waals surface area (Å²) >= 11 is 3.57. The van der Waals surface area contributed by atoms with Crippen LogP contribution in [0.4, 0.5) is 5.00 Å². The molecule has 0 saturated heterocycles. The molecule has 0 saturated carbocycles. The van der Waals surface area contributed by atoms with Crippen molar-refractivity contribution < 1.29 is 0 Å². The zero-order valence-corrected chi connectivity index (χ0v) is 18.3. The van der Waals surface area contributed by atoms with Gasteiger partial charge >= 0.3 is 0 Å². The first kappa shape index (κ1) is 19.2. The molecule has 0 atom stereocenters. The number of thiophene rings is 1. The van der Waals surface area contributed by atoms with E-state index >= 15 is 0 Å². The molecule has 3 aromatic carbocycles. The van der Waals surface area contributed by atoms with E-state index in [1.807, 2.05) is 11.3 Å². The highest BCUT2D eigenvalue weighted by atomic mass is 32.2. The third-order valence-corrected chi connectivity index (χ3v) is 8.13. The fourth-order valence-electron chi connectivity index (χ4n) is 4.13. The van der Waals surface area contributed by atoms with Crippen LogP contribution in [0, 0.1) is 11.3 Å². The summed E-state index contributed by atoms with van der Waals surface area (Å²) in [4.78, 5) is 2.63. The van der Waals surface area contributed by atoms with E-state index < -0.39 is 0 Å². The number of benzene rings is 3. The van der Waals surface area contributed by atoms with E-state index in [0.29, 0.717) is 0 Å². The molecule has 1 aliphatic carbocycles. The van der Waals surface area contributed by atoms with Gasteiger partial charge in [0.1, 0.15) is 11.1 Å². The summed E-state index contributed by atoms with van der Waals surface area (Å²) in [6.45, 7) is 0.767. The van der Waals surface area contributed by atoms with E-state index in [1.165, 1.54) is 44.5 Å². The molecular formula is C26H22N2S2. The normalized spacial score (nSPS) is 13.0. The van der Waals surface area contributed by atoms with Crippen molar-refractivity contribution in [3.05, 3.63) is 94.4 Å². The molecule has 1 aromatic heterocycles. The Balaban J connectivity index is 1.59. The van der Waals surface area contributed by atoms with Gasteiger partial charge in [0, 0.05) is 9.77 Å². The van der Waals surface area contributed by atoms with E-state index in [0.717, 1.165) is 30.0 Å². The van der Waals surface area contributed by atoms with Crippen LogP contribution in [0.25, 0.3) is 10.8 Å². The summed E-state index contributed by atoms with van der Waals surface area (Å²) < 4.78 is 2.33. The zero-order valence-electron chi connectivity index (χ0n) is 16.7. The van der Waals surface area contributed by atoms with Gasteiger partial charge in [-0.15, -0.1) is 11.3 Å². The number of anilines is 1. The minimum absolute atomic E-state index is 0.767. The van der Waals surface area contributed by atoms with Crippen molar-refractivity contribution in [2.24, 2.45) is 0 Å². The molecule has 4 heteroatoms. The Morgan fingerprint density at radius 1 is 0.900 bits per heavy atom. The van der Waals surface area contributed by atoms with Gasteiger partial charge in [0.25, 0.3) is 0 Å². The van der Waals surface area contributed by atoms with Crippen molar-refractivity contribution in [1.29, 1.82) is 5.26 Å². The number of fused-ring (bicyclic) bond motifs is 2. The second-order valence-corrected chi connectivity index (χ2v) is 9.74. The lowest BCUT2D eigenvalue weighted by Gasteiger charge is -2.23. The summed E-state index contributed by atoms with van der Waals surface area (Å²) in [6, 6.07) is 28.1. The molecule has 4 aromatic rings. The number of hydrogen-bond acceptors (Lipinski definition) is 4. The Bertz CT molecular complexity index is 1220. The molecule has 0 amide bonds. The van der Waals surface area contributed by atoms with Crippen molar-refractivity contribution >= 4 is 39.1 Å². The summed E-state index contributed by atoms with van der Waals surface area (Å²) in [6.07, 6.45) is 4.56. The maximum atomic E-state index is 10.0. The molecule has 0 spiro atoms. The van der Waals surface area contributed by atoms with Gasteiger partial charge in [0.05, 0.1) is 12.1 Å². The third kappa shape index (κ3) is 3.71. The number of nitriles is 1. The number of nitrogens with zero attached hydrogens (tertiary/aromatic N) is 2.